The summed E-state index contributed by atoms with van der Waals surface area (Å²) in [5.74, 6) is 23.6. The molecule has 15 fully saturated rings. The van der Waals surface area contributed by atoms with Crippen molar-refractivity contribution in [3.8, 4) is 0 Å². The summed E-state index contributed by atoms with van der Waals surface area (Å²) in [6.07, 6.45) is -42.7. The van der Waals surface area contributed by atoms with E-state index in [1.54, 1.807) is 0 Å². The molecule has 15 aliphatic heterocycles. The third kappa shape index (κ3) is 34.2. The van der Waals surface area contributed by atoms with Crippen molar-refractivity contribution in [1.82, 2.24) is 0 Å². The lowest BCUT2D eigenvalue weighted by molar-refractivity contribution is -0.686. The molecule has 742 valence electrons. The summed E-state index contributed by atoms with van der Waals surface area (Å²) < 4.78 is 135. The van der Waals surface area contributed by atoms with Crippen molar-refractivity contribution in [1.29, 1.82) is 0 Å². The van der Waals surface area contributed by atoms with Crippen molar-refractivity contribution in [3.63, 3.8) is 0 Å². The van der Waals surface area contributed by atoms with Crippen LogP contribution in [0.5, 0.6) is 0 Å². The number of halogens is 7. The van der Waals surface area contributed by atoms with Gasteiger partial charge in [-0.3, -0.25) is 0 Å². The number of aliphatic hydroxyl groups is 14. The molecule has 15 aliphatic rings. The molecule has 35 atom stereocenters. The van der Waals surface area contributed by atoms with Crippen LogP contribution in [-0.4, -0.2) is 425 Å². The van der Waals surface area contributed by atoms with Crippen molar-refractivity contribution >= 4 is 0 Å². The number of hydrogen-bond donors (Lipinski definition) is 21. The van der Waals surface area contributed by atoms with Crippen LogP contribution < -0.4 is 128 Å². The first-order chi connectivity index (χ1) is 57.9. The average molecular weight is 1990 g/mol. The number of rotatable bonds is 42. The van der Waals surface area contributed by atoms with Gasteiger partial charge in [0.05, 0.1) is 92.5 Å². The number of fused-ring (bicyclic) bond motifs is 7. The minimum atomic E-state index is -2.00. The van der Waals surface area contributed by atoms with Crippen molar-refractivity contribution in [3.05, 3.63) is 85.1 Å². The molecule has 56 heteroatoms. The van der Waals surface area contributed by atoms with E-state index in [0.717, 1.165) is 0 Å². The van der Waals surface area contributed by atoms with Gasteiger partial charge in [0, 0.05) is 0 Å². The summed E-state index contributed by atoms with van der Waals surface area (Å²) in [6.45, 7) is -9.42. The van der Waals surface area contributed by atoms with Gasteiger partial charge in [0.15, 0.2) is 44.0 Å². The summed E-state index contributed by atoms with van der Waals surface area (Å²) in [5, 5.41) is 169. The zero-order valence-electron chi connectivity index (χ0n) is 68.4. The Hall–Kier alpha value is -1.75. The summed E-state index contributed by atoms with van der Waals surface area (Å²) in [5.41, 5.74) is 0. The fourth-order valence-corrected chi connectivity index (χ4v) is 14.2. The Kier molecular flexibility index (Phi) is 64.7. The van der Waals surface area contributed by atoms with E-state index in [-0.39, 0.29) is 179 Å². The van der Waals surface area contributed by atoms with Crippen molar-refractivity contribution in [2.45, 2.75) is 215 Å². The maximum Gasteiger partial charge on any atom is 0.187 e. The molecule has 15 heterocycles. The Bertz CT molecular complexity index is 2480. The smallest absolute Gasteiger partial charge is 0.187 e. The van der Waals surface area contributed by atoms with Crippen molar-refractivity contribution < 1.29 is 333 Å². The topological polar surface area (TPSA) is 735 Å². The van der Waals surface area contributed by atoms with Crippen molar-refractivity contribution in [2.24, 2.45) is 0 Å². The van der Waals surface area contributed by atoms with Crippen LogP contribution in [0, 0.1) is 0 Å². The molecule has 0 aromatic heterocycles. The molecule has 14 bridgehead atoms. The Balaban J connectivity index is 0.0000113. The van der Waals surface area contributed by atoms with Crippen LogP contribution in [0.25, 0.3) is 0 Å². The largest absolute Gasteiger partial charge is 1.00 e. The first-order valence-corrected chi connectivity index (χ1v) is 38.6. The highest BCUT2D eigenvalue weighted by atomic mass is 35.5. The third-order valence-electron chi connectivity index (χ3n) is 20.0. The predicted octanol–water partition coefficient (Wildman–Crippen LogP) is -37.9. The lowest BCUT2D eigenvalue weighted by atomic mass is 9.95. The first-order valence-electron chi connectivity index (χ1n) is 38.6. The van der Waals surface area contributed by atoms with E-state index >= 15 is 0 Å². The summed E-state index contributed by atoms with van der Waals surface area (Å²) in [6, 6.07) is 0. The van der Waals surface area contributed by atoms with Gasteiger partial charge in [0.2, 0.25) is 0 Å². The molecular weight excluding hydrogens is 1860 g/mol. The van der Waals surface area contributed by atoms with E-state index in [2.05, 4.69) is 41.3 Å². The number of quaternary nitrogens is 7. The Morgan fingerprint density at radius 2 is 0.278 bits per heavy atom. The monoisotopic (exact) mass is 1980 g/mol. The molecule has 0 spiro atoms. The van der Waals surface area contributed by atoms with Gasteiger partial charge in [0.25, 0.3) is 0 Å². The molecule has 49 nitrogen and oxygen atoms in total. The van der Waals surface area contributed by atoms with E-state index in [0.29, 0.717) is 0 Å². The zero-order valence-corrected chi connectivity index (χ0v) is 73.7. The van der Waals surface area contributed by atoms with Gasteiger partial charge in [-0.15, -0.1) is 0 Å². The molecule has 35 N–H and O–H groups in total. The van der Waals surface area contributed by atoms with Crippen LogP contribution in [-0.2, 0) is 133 Å². The molecule has 15 saturated heterocycles. The number of hydrogen-bond acceptors (Lipinski definition) is 42. The first kappa shape index (κ1) is 122. The molecule has 0 unspecified atom stereocenters. The molecule has 0 aromatic carbocycles. The van der Waals surface area contributed by atoms with Crippen LogP contribution >= 0.6 is 0 Å². The molecule has 0 amide bonds. The van der Waals surface area contributed by atoms with E-state index in [1.165, 1.54) is 85.1 Å². The van der Waals surface area contributed by atoms with E-state index in [9.17, 15) is 71.5 Å². The lowest BCUT2D eigenvalue weighted by Gasteiger charge is -2.51. The number of aliphatic hydroxyl groups excluding tert-OH is 14. The standard InChI is InChI=1S/C70H126N7O42.7ClH/c71-99-22-8-1-15-92-57-43(85)50-36(29-78)106-64(57)113-51-37(30-79)107-66(58(44(51)86)93-16-2-9-23-100-72)115-53-39(32-81)109-68(60(46(53)88)95-18-4-11-25-102-74)117-55-41(34-83)111-70(62(48(55)90)97-20-6-13-27-104-76)119-56-42(35-84)112-69(63(49(56)91)98-21-7-14-28-105-77)118-54-40(33-82)110-67(61(47(54)89)96-19-5-12-26-103-75)116-52-38(31-80)108-65(114-50)59(45(52)87)94-17-3-10-24-101-73;;;;;;;/h1-14,36-70,78-91H,15-35H2,71-77H3;7*1H/q+7;;;;;;;/p-7/b8-1+,9-2+,10-3+,11-4+,12-5+,13-6+,14-7+;;;;;;;/t36-,37-,38-,39-,40+,41+,42+,43-,44+,45+,46+,47+,48+,49+,50-,51-,52-,53-,54-,55-,56-,57+,58+,59-,60-,61-,62-,63-,64-,65-,66-,67-,68-,69-,70-;;;;;;;/m1......./s1. The van der Waals surface area contributed by atoms with Crippen LogP contribution in [0.3, 0.4) is 0 Å². The van der Waals surface area contributed by atoms with E-state index in [1.807, 2.05) is 0 Å². The normalized spacial score (nSPS) is 38.3. The van der Waals surface area contributed by atoms with Gasteiger partial charge in [-0.2, -0.15) is 0 Å². The SMILES string of the molecule is [Cl-].[Cl-].[Cl-].[Cl-].[Cl-].[Cl-].[Cl-].[NH3+]OC/C=C/CO[C@@H]1[C@H]2O[C@H]3[C@H](O)[C@@H](OC/C=C/CO[NH3+])[C@@H](O[C@H]4[C@H](O)[C@@H](OC/C=C/CO[NH3+])[C@@H](O[C@H]5[C@H](O)[C@@H](OC/C=C/CO[NH3+])[C@@H](O[C@H]6[C@H](O)[C@@H](OC/C=C/CO[NH3+])[C@@H](O[C@H]7[C@H](O)[C@@H](OC/C=C/CO[NH3+])[C@@H](O[C@H]8[C@@H](O)[C@H](OC/C=C/CO[NH3+])[C@@H](O[C@@H]([C@@H]1O)[C@@H](CO)O2)O[C@@H]8CO)O[C@@H]7CO)O[C@H]6CO)O[C@H]5CO)O[C@H]4CO)O[C@@H]3CO. The van der Waals surface area contributed by atoms with E-state index in [4.69, 9.17) is 133 Å². The molecular formula is C70H126Cl7N7O42. The highest BCUT2D eigenvalue weighted by molar-refractivity contribution is 5.05. The van der Waals surface area contributed by atoms with Crippen LogP contribution in [0.4, 0.5) is 0 Å². The van der Waals surface area contributed by atoms with Crippen LogP contribution in [0.15, 0.2) is 85.1 Å². The van der Waals surface area contributed by atoms with Gasteiger partial charge < -0.3 is 258 Å². The fourth-order valence-electron chi connectivity index (χ4n) is 14.2. The Morgan fingerprint density at radius 1 is 0.175 bits per heavy atom. The third-order valence-corrected chi connectivity index (χ3v) is 20.0. The lowest BCUT2D eigenvalue weighted by Crippen LogP contribution is -3.00. The van der Waals surface area contributed by atoms with Crippen molar-refractivity contribution in [2.75, 3.05) is 139 Å². The van der Waals surface area contributed by atoms with Gasteiger partial charge in [-0.1, -0.05) is 85.1 Å². The maximum absolute atomic E-state index is 12.8. The van der Waals surface area contributed by atoms with E-state index < -0.39 is 261 Å². The predicted molar refractivity (Wildman–Crippen MR) is 380 cm³/mol. The quantitative estimate of drug-likeness (QED) is 0.0199. The Morgan fingerprint density at radius 3 is 0.373 bits per heavy atom. The highest BCUT2D eigenvalue weighted by Crippen LogP contribution is 2.42. The van der Waals surface area contributed by atoms with Gasteiger partial charge in [-0.05, 0) is 0 Å². The summed E-state index contributed by atoms with van der Waals surface area (Å²) in [7, 11) is 0. The summed E-state index contributed by atoms with van der Waals surface area (Å²) >= 11 is 0. The zero-order chi connectivity index (χ0) is 85.8. The molecule has 0 saturated carbocycles. The molecule has 0 radical (unpaired) electrons. The average Bonchev–Trinajstić information content (AvgIpc) is 0.768. The molecule has 15 rings (SSSR count). The van der Waals surface area contributed by atoms with Gasteiger partial charge in [0.1, 0.15) is 217 Å². The second kappa shape index (κ2) is 66.6. The second-order valence-corrected chi connectivity index (χ2v) is 27.7. The maximum atomic E-state index is 12.8. The van der Waals surface area contributed by atoms with Gasteiger partial charge >= 0.3 is 0 Å². The molecule has 126 heavy (non-hydrogen) atoms. The van der Waals surface area contributed by atoms with Gasteiger partial charge in [-0.25, -0.2) is 75.1 Å². The minimum Gasteiger partial charge on any atom is -1.00 e. The Labute approximate surface area is 767 Å². The number of ether oxygens (including phenoxy) is 21. The summed E-state index contributed by atoms with van der Waals surface area (Å²) in [4.78, 5) is 34.5. The minimum absolute atomic E-state index is 0. The fraction of sp³-hybridized carbons (Fsp3) is 0.800. The second-order valence-electron chi connectivity index (χ2n) is 27.7. The van der Waals surface area contributed by atoms with Crippen LogP contribution in [0.2, 0.25) is 0 Å². The highest BCUT2D eigenvalue weighted by Gasteiger charge is 2.61. The molecule has 0 aliphatic carbocycles. The van der Waals surface area contributed by atoms with Crippen LogP contribution in [0.1, 0.15) is 0 Å². The molecule has 0 aromatic rings.